The molecule has 0 saturated carbocycles. The van der Waals surface area contributed by atoms with Crippen LogP contribution >= 0.6 is 0 Å². The second-order valence-corrected chi connectivity index (χ2v) is 6.17. The van der Waals surface area contributed by atoms with Crippen molar-refractivity contribution in [3.8, 4) is 5.75 Å². The van der Waals surface area contributed by atoms with E-state index in [1.165, 1.54) is 31.4 Å². The highest BCUT2D eigenvalue weighted by Gasteiger charge is 2.29. The second-order valence-electron chi connectivity index (χ2n) is 6.17. The van der Waals surface area contributed by atoms with E-state index in [0.29, 0.717) is 23.3 Å². The van der Waals surface area contributed by atoms with E-state index in [0.717, 1.165) is 12.1 Å². The summed E-state index contributed by atoms with van der Waals surface area (Å²) in [6.45, 7) is 1.73. The smallest absolute Gasteiger partial charge is 0.416 e. The number of amides is 1. The predicted octanol–water partition coefficient (Wildman–Crippen LogP) is 4.52. The molecule has 0 unspecified atom stereocenters. The van der Waals surface area contributed by atoms with Gasteiger partial charge in [0.25, 0.3) is 5.91 Å². The Morgan fingerprint density at radius 2 is 1.79 bits per heavy atom. The van der Waals surface area contributed by atoms with Crippen LogP contribution in [-0.2, 0) is 17.5 Å². The molecule has 0 fully saturated rings. The molecule has 29 heavy (non-hydrogen) atoms. The fourth-order valence-electron chi connectivity index (χ4n) is 2.60. The van der Waals surface area contributed by atoms with E-state index < -0.39 is 23.6 Å². The van der Waals surface area contributed by atoms with Crippen LogP contribution in [0, 0.1) is 0 Å². The largest absolute Gasteiger partial charge is 0.496 e. The molecule has 0 spiro atoms. The number of hydrogen-bond acceptors (Lipinski definition) is 3. The molecule has 1 amide bonds. The number of benzene rings is 2. The van der Waals surface area contributed by atoms with E-state index in [1.807, 2.05) is 0 Å². The topological polar surface area (TPSA) is 75.6 Å². The van der Waals surface area contributed by atoms with Gasteiger partial charge < -0.3 is 15.2 Å². The minimum absolute atomic E-state index is 0.0233. The van der Waals surface area contributed by atoms with Crippen LogP contribution in [-0.4, -0.2) is 24.1 Å². The molecule has 0 aliphatic rings. The van der Waals surface area contributed by atoms with Crippen molar-refractivity contribution in [3.63, 3.8) is 0 Å². The number of hydrogen-bond donors (Lipinski definition) is 2. The number of carboxylic acids is 1. The van der Waals surface area contributed by atoms with Crippen molar-refractivity contribution in [1.29, 1.82) is 0 Å². The molecule has 2 aromatic rings. The molecule has 0 radical (unpaired) electrons. The van der Waals surface area contributed by atoms with Crippen LogP contribution in [0.15, 0.2) is 48.0 Å². The summed E-state index contributed by atoms with van der Waals surface area (Å²) in [4.78, 5) is 23.7. The van der Waals surface area contributed by atoms with Crippen LogP contribution in [0.25, 0.3) is 6.08 Å². The van der Waals surface area contributed by atoms with Gasteiger partial charge in [-0.3, -0.25) is 4.79 Å². The molecule has 0 bridgehead atoms. The molecule has 2 rings (SSSR count). The van der Waals surface area contributed by atoms with E-state index in [-0.39, 0.29) is 17.7 Å². The monoisotopic (exact) mass is 407 g/mol. The summed E-state index contributed by atoms with van der Waals surface area (Å²) in [5, 5.41) is 11.8. The molecule has 5 nitrogen and oxygen atoms in total. The predicted molar refractivity (Wildman–Crippen MR) is 102 cm³/mol. The van der Waals surface area contributed by atoms with Gasteiger partial charge in [0.15, 0.2) is 0 Å². The number of alkyl halides is 3. The van der Waals surface area contributed by atoms with Crippen molar-refractivity contribution < 1.29 is 32.6 Å². The van der Waals surface area contributed by atoms with Gasteiger partial charge in [0.2, 0.25) is 0 Å². The summed E-state index contributed by atoms with van der Waals surface area (Å²) in [7, 11) is 1.40. The number of rotatable bonds is 7. The SMILES string of the molecule is CC/C(=C/c1ccc(OC)c(C(=O)NCc2ccc(C(F)(F)F)cc2)c1)C(=O)O. The molecule has 154 valence electrons. The quantitative estimate of drug-likeness (QED) is 0.662. The van der Waals surface area contributed by atoms with Crippen LogP contribution in [0.3, 0.4) is 0 Å². The van der Waals surface area contributed by atoms with Gasteiger partial charge in [0.05, 0.1) is 18.2 Å². The highest BCUT2D eigenvalue weighted by Crippen LogP contribution is 2.29. The van der Waals surface area contributed by atoms with Gasteiger partial charge in [-0.25, -0.2) is 4.79 Å². The number of aliphatic carboxylic acids is 1. The Morgan fingerprint density at radius 1 is 1.14 bits per heavy atom. The van der Waals surface area contributed by atoms with E-state index >= 15 is 0 Å². The number of ether oxygens (including phenoxy) is 1. The molecule has 8 heteroatoms. The Labute approximate surface area is 165 Å². The summed E-state index contributed by atoms with van der Waals surface area (Å²) in [5.41, 5.74) is 0.629. The van der Waals surface area contributed by atoms with Gasteiger partial charge in [-0.05, 0) is 47.9 Å². The minimum atomic E-state index is -4.42. The zero-order chi connectivity index (χ0) is 21.6. The third-order valence-corrected chi connectivity index (χ3v) is 4.20. The Balaban J connectivity index is 2.19. The molecular formula is C21H20F3NO4. The van der Waals surface area contributed by atoms with Crippen molar-refractivity contribution in [2.24, 2.45) is 0 Å². The van der Waals surface area contributed by atoms with Crippen LogP contribution in [0.4, 0.5) is 13.2 Å². The highest BCUT2D eigenvalue weighted by molar-refractivity contribution is 5.98. The molecule has 0 heterocycles. The van der Waals surface area contributed by atoms with Crippen molar-refractivity contribution in [1.82, 2.24) is 5.32 Å². The number of halogens is 3. The summed E-state index contributed by atoms with van der Waals surface area (Å²) < 4.78 is 43.0. The maximum atomic E-state index is 12.6. The maximum absolute atomic E-state index is 12.6. The average Bonchev–Trinajstić information content (AvgIpc) is 2.69. The van der Waals surface area contributed by atoms with Crippen LogP contribution in [0.2, 0.25) is 0 Å². The van der Waals surface area contributed by atoms with Crippen molar-refractivity contribution in [2.45, 2.75) is 26.1 Å². The first kappa shape index (κ1) is 22.0. The molecule has 0 aromatic heterocycles. The Bertz CT molecular complexity index is 919. The Morgan fingerprint density at radius 3 is 2.31 bits per heavy atom. The summed E-state index contributed by atoms with van der Waals surface area (Å²) in [5.74, 6) is -1.25. The van der Waals surface area contributed by atoms with Gasteiger partial charge in [-0.1, -0.05) is 25.1 Å². The third kappa shape index (κ3) is 5.84. The number of carbonyl (C=O) groups excluding carboxylic acids is 1. The van der Waals surface area contributed by atoms with Gasteiger partial charge in [0.1, 0.15) is 5.75 Å². The van der Waals surface area contributed by atoms with Gasteiger partial charge in [0, 0.05) is 12.1 Å². The second kappa shape index (κ2) is 9.27. The Hall–Kier alpha value is -3.29. The highest BCUT2D eigenvalue weighted by atomic mass is 19.4. The lowest BCUT2D eigenvalue weighted by molar-refractivity contribution is -0.137. The normalized spacial score (nSPS) is 11.8. The number of carboxylic acid groups (broad SMARTS) is 1. The summed E-state index contributed by atoms with van der Waals surface area (Å²) in [6.07, 6.45) is -2.64. The Kier molecular flexibility index (Phi) is 7.03. The number of carbonyl (C=O) groups is 2. The first-order valence-electron chi connectivity index (χ1n) is 8.72. The van der Waals surface area contributed by atoms with Crippen molar-refractivity contribution >= 4 is 18.0 Å². The van der Waals surface area contributed by atoms with E-state index in [2.05, 4.69) is 5.32 Å². The molecule has 0 saturated heterocycles. The fourth-order valence-corrected chi connectivity index (χ4v) is 2.60. The third-order valence-electron chi connectivity index (χ3n) is 4.20. The molecule has 2 N–H and O–H groups in total. The first-order chi connectivity index (χ1) is 13.7. The zero-order valence-corrected chi connectivity index (χ0v) is 15.8. The number of methoxy groups -OCH3 is 1. The standard InChI is InChI=1S/C21H20F3NO4/c1-3-15(20(27)28)10-14-6-9-18(29-2)17(11-14)19(26)25-12-13-4-7-16(8-5-13)21(22,23)24/h4-11H,3,12H2,1-2H3,(H,25,26)(H,27,28)/b15-10-. The van der Waals surface area contributed by atoms with Gasteiger partial charge in [-0.2, -0.15) is 13.2 Å². The van der Waals surface area contributed by atoms with Crippen LogP contribution in [0.5, 0.6) is 5.75 Å². The van der Waals surface area contributed by atoms with Crippen LogP contribution < -0.4 is 10.1 Å². The molecule has 2 aromatic carbocycles. The molecule has 0 aliphatic heterocycles. The molecular weight excluding hydrogens is 387 g/mol. The average molecular weight is 407 g/mol. The maximum Gasteiger partial charge on any atom is 0.416 e. The zero-order valence-electron chi connectivity index (χ0n) is 15.8. The van der Waals surface area contributed by atoms with E-state index in [1.54, 1.807) is 19.1 Å². The van der Waals surface area contributed by atoms with E-state index in [9.17, 15) is 22.8 Å². The van der Waals surface area contributed by atoms with E-state index in [4.69, 9.17) is 9.84 Å². The van der Waals surface area contributed by atoms with Gasteiger partial charge in [-0.15, -0.1) is 0 Å². The lowest BCUT2D eigenvalue weighted by atomic mass is 10.0. The lowest BCUT2D eigenvalue weighted by Crippen LogP contribution is -2.23. The lowest BCUT2D eigenvalue weighted by Gasteiger charge is -2.11. The minimum Gasteiger partial charge on any atom is -0.496 e. The summed E-state index contributed by atoms with van der Waals surface area (Å²) >= 11 is 0. The van der Waals surface area contributed by atoms with Gasteiger partial charge >= 0.3 is 12.1 Å². The van der Waals surface area contributed by atoms with Crippen LogP contribution in [0.1, 0.15) is 40.4 Å². The van der Waals surface area contributed by atoms with Crippen molar-refractivity contribution in [3.05, 3.63) is 70.3 Å². The summed E-state index contributed by atoms with van der Waals surface area (Å²) in [6, 6.07) is 9.16. The first-order valence-corrected chi connectivity index (χ1v) is 8.72. The number of nitrogens with one attached hydrogen (secondary N) is 1. The fraction of sp³-hybridized carbons (Fsp3) is 0.238. The molecule has 0 atom stereocenters. The van der Waals surface area contributed by atoms with Crippen molar-refractivity contribution in [2.75, 3.05) is 7.11 Å². The molecule has 0 aliphatic carbocycles.